The highest BCUT2D eigenvalue weighted by molar-refractivity contribution is 5.89. The Balaban J connectivity index is 2.17. The molecule has 0 aromatic heterocycles. The van der Waals surface area contributed by atoms with Gasteiger partial charge in [-0.25, -0.2) is 4.79 Å². The SMILES string of the molecule is COC(=O)c1ccc(C(N=O)C2CC2)cc1. The molecule has 1 atom stereocenters. The van der Waals surface area contributed by atoms with Gasteiger partial charge in [0.1, 0.15) is 6.04 Å². The molecule has 0 amide bonds. The maximum absolute atomic E-state index is 11.2. The van der Waals surface area contributed by atoms with Crippen molar-refractivity contribution in [2.24, 2.45) is 11.1 Å². The van der Waals surface area contributed by atoms with Crippen molar-refractivity contribution in [2.45, 2.75) is 18.9 Å². The number of nitroso groups, excluding NO2 is 1. The highest BCUT2D eigenvalue weighted by Gasteiger charge is 2.33. The number of carbonyl (C=O) groups is 1. The molecular weight excluding hydrogens is 206 g/mol. The van der Waals surface area contributed by atoms with E-state index in [0.717, 1.165) is 18.4 Å². The van der Waals surface area contributed by atoms with Crippen molar-refractivity contribution in [1.82, 2.24) is 0 Å². The van der Waals surface area contributed by atoms with E-state index in [-0.39, 0.29) is 12.0 Å². The standard InChI is InChI=1S/C12H13NO3/c1-16-12(14)10-6-4-9(5-7-10)11(13-15)8-2-3-8/h4-8,11H,2-3H2,1H3. The summed E-state index contributed by atoms with van der Waals surface area (Å²) in [6.45, 7) is 0. The van der Waals surface area contributed by atoms with Crippen LogP contribution in [0.5, 0.6) is 0 Å². The largest absolute Gasteiger partial charge is 0.465 e. The predicted octanol–water partition coefficient (Wildman–Crippen LogP) is 2.69. The molecule has 84 valence electrons. The molecule has 1 aromatic carbocycles. The molecule has 1 saturated carbocycles. The summed E-state index contributed by atoms with van der Waals surface area (Å²) in [5, 5.41) is 3.15. The molecule has 1 aliphatic rings. The Morgan fingerprint density at radius 2 is 2.00 bits per heavy atom. The third kappa shape index (κ3) is 2.10. The van der Waals surface area contributed by atoms with Crippen molar-refractivity contribution in [2.75, 3.05) is 7.11 Å². The van der Waals surface area contributed by atoms with E-state index >= 15 is 0 Å². The molecule has 1 fully saturated rings. The van der Waals surface area contributed by atoms with Crippen molar-refractivity contribution in [3.8, 4) is 0 Å². The fraction of sp³-hybridized carbons (Fsp3) is 0.417. The van der Waals surface area contributed by atoms with Crippen LogP contribution in [0.2, 0.25) is 0 Å². The molecule has 16 heavy (non-hydrogen) atoms. The quantitative estimate of drug-likeness (QED) is 0.577. The van der Waals surface area contributed by atoms with E-state index in [4.69, 9.17) is 0 Å². The molecule has 0 heterocycles. The van der Waals surface area contributed by atoms with Crippen LogP contribution in [0.3, 0.4) is 0 Å². The molecular formula is C12H13NO3. The monoisotopic (exact) mass is 219 g/mol. The Kier molecular flexibility index (Phi) is 2.99. The lowest BCUT2D eigenvalue weighted by molar-refractivity contribution is 0.0600. The zero-order valence-corrected chi connectivity index (χ0v) is 9.05. The van der Waals surface area contributed by atoms with Gasteiger partial charge in [-0.3, -0.25) is 0 Å². The molecule has 0 N–H and O–H groups in total. The molecule has 0 radical (unpaired) electrons. The molecule has 4 heteroatoms. The number of nitrogens with zero attached hydrogens (tertiary/aromatic N) is 1. The molecule has 1 aromatic rings. The first-order chi connectivity index (χ1) is 7.76. The fourth-order valence-corrected chi connectivity index (χ4v) is 1.77. The summed E-state index contributed by atoms with van der Waals surface area (Å²) in [4.78, 5) is 21.9. The second kappa shape index (κ2) is 4.43. The zero-order valence-electron chi connectivity index (χ0n) is 9.05. The molecule has 0 spiro atoms. The lowest BCUT2D eigenvalue weighted by Crippen LogP contribution is -2.02. The van der Waals surface area contributed by atoms with Crippen LogP contribution >= 0.6 is 0 Å². The molecule has 4 nitrogen and oxygen atoms in total. The van der Waals surface area contributed by atoms with E-state index in [1.165, 1.54) is 7.11 Å². The molecule has 0 bridgehead atoms. The number of esters is 1. The minimum Gasteiger partial charge on any atom is -0.465 e. The van der Waals surface area contributed by atoms with Gasteiger partial charge in [0.15, 0.2) is 0 Å². The molecule has 1 aliphatic carbocycles. The Hall–Kier alpha value is -1.71. The van der Waals surface area contributed by atoms with Crippen molar-refractivity contribution in [3.05, 3.63) is 40.3 Å². The number of benzene rings is 1. The smallest absolute Gasteiger partial charge is 0.337 e. The summed E-state index contributed by atoms with van der Waals surface area (Å²) < 4.78 is 4.60. The van der Waals surface area contributed by atoms with Gasteiger partial charge in [-0.1, -0.05) is 17.3 Å². The van der Waals surface area contributed by atoms with Gasteiger partial charge in [0.2, 0.25) is 0 Å². The maximum Gasteiger partial charge on any atom is 0.337 e. The minimum absolute atomic E-state index is 0.258. The first kappa shape index (κ1) is 10.8. The predicted molar refractivity (Wildman–Crippen MR) is 59.0 cm³/mol. The van der Waals surface area contributed by atoms with E-state index < -0.39 is 0 Å². The lowest BCUT2D eigenvalue weighted by Gasteiger charge is -2.08. The van der Waals surface area contributed by atoms with E-state index in [0.29, 0.717) is 11.5 Å². The van der Waals surface area contributed by atoms with Crippen molar-refractivity contribution in [3.63, 3.8) is 0 Å². The van der Waals surface area contributed by atoms with Crippen LogP contribution in [0.4, 0.5) is 0 Å². The van der Waals surface area contributed by atoms with Gasteiger partial charge in [0, 0.05) is 0 Å². The highest BCUT2D eigenvalue weighted by atomic mass is 16.5. The number of hydrogen-bond acceptors (Lipinski definition) is 4. The number of ether oxygens (including phenoxy) is 1. The average molecular weight is 219 g/mol. The first-order valence-electron chi connectivity index (χ1n) is 5.27. The van der Waals surface area contributed by atoms with Crippen molar-refractivity contribution >= 4 is 5.97 Å². The Morgan fingerprint density at radius 1 is 1.38 bits per heavy atom. The summed E-state index contributed by atoms with van der Waals surface area (Å²) in [6.07, 6.45) is 2.13. The van der Waals surface area contributed by atoms with Crippen LogP contribution in [0.15, 0.2) is 29.4 Å². The van der Waals surface area contributed by atoms with Gasteiger partial charge >= 0.3 is 5.97 Å². The number of rotatable bonds is 4. The van der Waals surface area contributed by atoms with Crippen LogP contribution in [-0.2, 0) is 4.74 Å². The Morgan fingerprint density at radius 3 is 2.44 bits per heavy atom. The summed E-state index contributed by atoms with van der Waals surface area (Å²) in [6, 6.07) is 6.63. The summed E-state index contributed by atoms with van der Waals surface area (Å²) >= 11 is 0. The number of hydrogen-bond donors (Lipinski definition) is 0. The van der Waals surface area contributed by atoms with Crippen LogP contribution in [0.1, 0.15) is 34.8 Å². The fourth-order valence-electron chi connectivity index (χ4n) is 1.77. The van der Waals surface area contributed by atoms with Gasteiger partial charge in [0.25, 0.3) is 0 Å². The van der Waals surface area contributed by atoms with Gasteiger partial charge in [-0.2, -0.15) is 4.91 Å². The van der Waals surface area contributed by atoms with E-state index in [9.17, 15) is 9.70 Å². The highest BCUT2D eigenvalue weighted by Crippen LogP contribution is 2.43. The van der Waals surface area contributed by atoms with Gasteiger partial charge in [0.05, 0.1) is 12.7 Å². The normalized spacial score (nSPS) is 16.6. The van der Waals surface area contributed by atoms with Gasteiger partial charge in [-0.15, -0.1) is 0 Å². The number of carbonyl (C=O) groups excluding carboxylic acids is 1. The molecule has 0 aliphatic heterocycles. The second-order valence-corrected chi connectivity index (χ2v) is 4.00. The second-order valence-electron chi connectivity index (χ2n) is 4.00. The van der Waals surface area contributed by atoms with E-state index in [2.05, 4.69) is 9.91 Å². The Bertz CT molecular complexity index is 395. The van der Waals surface area contributed by atoms with Crippen molar-refractivity contribution in [1.29, 1.82) is 0 Å². The van der Waals surface area contributed by atoms with Gasteiger partial charge < -0.3 is 4.74 Å². The average Bonchev–Trinajstić information content (AvgIpc) is 3.14. The summed E-state index contributed by atoms with van der Waals surface area (Å²) in [5.74, 6) is 0.0232. The molecule has 0 saturated heterocycles. The Labute approximate surface area is 93.6 Å². The zero-order chi connectivity index (χ0) is 11.5. The van der Waals surface area contributed by atoms with Gasteiger partial charge in [-0.05, 0) is 36.5 Å². The van der Waals surface area contributed by atoms with Crippen LogP contribution in [0.25, 0.3) is 0 Å². The molecule has 2 rings (SSSR count). The van der Waals surface area contributed by atoms with E-state index in [1.807, 2.05) is 0 Å². The summed E-state index contributed by atoms with van der Waals surface area (Å²) in [5.41, 5.74) is 1.37. The van der Waals surface area contributed by atoms with E-state index in [1.54, 1.807) is 24.3 Å². The van der Waals surface area contributed by atoms with Crippen LogP contribution in [0, 0.1) is 10.8 Å². The topological polar surface area (TPSA) is 55.7 Å². The maximum atomic E-state index is 11.2. The van der Waals surface area contributed by atoms with Crippen molar-refractivity contribution < 1.29 is 9.53 Å². The third-order valence-corrected chi connectivity index (χ3v) is 2.86. The van der Waals surface area contributed by atoms with Crippen LogP contribution < -0.4 is 0 Å². The lowest BCUT2D eigenvalue weighted by atomic mass is 10.0. The van der Waals surface area contributed by atoms with Crippen LogP contribution in [-0.4, -0.2) is 13.1 Å². The third-order valence-electron chi connectivity index (χ3n) is 2.86. The number of methoxy groups -OCH3 is 1. The summed E-state index contributed by atoms with van der Waals surface area (Å²) in [7, 11) is 1.34. The first-order valence-corrected chi connectivity index (χ1v) is 5.27. The molecule has 1 unspecified atom stereocenters. The minimum atomic E-state index is -0.367.